The maximum Gasteiger partial charge on any atom is 0.123 e. The monoisotopic (exact) mass is 240 g/mol. The van der Waals surface area contributed by atoms with Gasteiger partial charge in [0.15, 0.2) is 0 Å². The summed E-state index contributed by atoms with van der Waals surface area (Å²) in [5.74, 6) is 0.748. The first-order valence-corrected chi connectivity index (χ1v) is 5.49. The highest BCUT2D eigenvalue weighted by atomic mass is 35.5. The van der Waals surface area contributed by atoms with Crippen molar-refractivity contribution in [3.8, 4) is 5.75 Å². The van der Waals surface area contributed by atoms with Crippen LogP contribution in [0.15, 0.2) is 29.8 Å². The third kappa shape index (κ3) is 4.45. The van der Waals surface area contributed by atoms with Crippen molar-refractivity contribution in [2.75, 3.05) is 17.6 Å². The lowest BCUT2D eigenvalue weighted by Gasteiger charge is -2.13. The van der Waals surface area contributed by atoms with E-state index in [2.05, 4.69) is 11.9 Å². The van der Waals surface area contributed by atoms with Gasteiger partial charge in [0.2, 0.25) is 0 Å². The number of anilines is 2. The summed E-state index contributed by atoms with van der Waals surface area (Å²) in [6, 6.07) is 5.50. The minimum Gasteiger partial charge on any atom is -0.491 e. The quantitative estimate of drug-likeness (QED) is 0.777. The average molecular weight is 241 g/mol. The van der Waals surface area contributed by atoms with E-state index in [9.17, 15) is 0 Å². The molecule has 0 saturated heterocycles. The molecule has 0 heterocycles. The van der Waals surface area contributed by atoms with Crippen LogP contribution in [0.3, 0.4) is 0 Å². The van der Waals surface area contributed by atoms with Crippen LogP contribution in [0.5, 0.6) is 5.75 Å². The van der Waals surface area contributed by atoms with Crippen molar-refractivity contribution in [1.29, 1.82) is 0 Å². The Balaban J connectivity index is 2.77. The van der Waals surface area contributed by atoms with Crippen LogP contribution in [-0.4, -0.2) is 12.6 Å². The molecule has 1 aromatic rings. The van der Waals surface area contributed by atoms with Crippen molar-refractivity contribution in [3.05, 3.63) is 29.8 Å². The predicted molar refractivity (Wildman–Crippen MR) is 70.1 cm³/mol. The lowest BCUT2D eigenvalue weighted by Crippen LogP contribution is -2.07. The van der Waals surface area contributed by atoms with Gasteiger partial charge in [-0.1, -0.05) is 18.2 Å². The molecule has 0 radical (unpaired) electrons. The highest BCUT2D eigenvalue weighted by Crippen LogP contribution is 2.23. The van der Waals surface area contributed by atoms with E-state index >= 15 is 0 Å². The van der Waals surface area contributed by atoms with E-state index < -0.39 is 0 Å². The van der Waals surface area contributed by atoms with Crippen molar-refractivity contribution in [2.45, 2.75) is 20.0 Å². The zero-order chi connectivity index (χ0) is 12.1. The summed E-state index contributed by atoms with van der Waals surface area (Å²) in [7, 11) is 0. The maximum atomic E-state index is 5.77. The Morgan fingerprint density at radius 1 is 1.50 bits per heavy atom. The smallest absolute Gasteiger partial charge is 0.123 e. The van der Waals surface area contributed by atoms with Gasteiger partial charge < -0.3 is 15.8 Å². The number of nitrogens with two attached hydrogens (primary N) is 1. The molecule has 0 saturated carbocycles. The lowest BCUT2D eigenvalue weighted by atomic mass is 10.2. The Morgan fingerprint density at radius 3 is 2.75 bits per heavy atom. The number of nitrogens with one attached hydrogen (secondary N) is 1. The molecule has 0 amide bonds. The first-order valence-electron chi connectivity index (χ1n) is 5.11. The predicted octanol–water partition coefficient (Wildman–Crippen LogP) is 3.22. The Kier molecular flexibility index (Phi) is 4.50. The number of rotatable bonds is 5. The molecule has 1 rings (SSSR count). The van der Waals surface area contributed by atoms with E-state index in [4.69, 9.17) is 22.1 Å². The molecule has 1 aromatic carbocycles. The molecule has 0 aliphatic heterocycles. The number of hydrogen-bond donors (Lipinski definition) is 2. The van der Waals surface area contributed by atoms with Gasteiger partial charge in [0.05, 0.1) is 12.6 Å². The van der Waals surface area contributed by atoms with Gasteiger partial charge in [-0.2, -0.15) is 0 Å². The number of hydrogen-bond acceptors (Lipinski definition) is 3. The first-order chi connectivity index (χ1) is 7.47. The van der Waals surface area contributed by atoms with E-state index in [-0.39, 0.29) is 6.10 Å². The van der Waals surface area contributed by atoms with Crippen molar-refractivity contribution in [1.82, 2.24) is 0 Å². The van der Waals surface area contributed by atoms with Crippen LogP contribution in [0, 0.1) is 0 Å². The molecule has 3 nitrogen and oxygen atoms in total. The topological polar surface area (TPSA) is 47.3 Å². The zero-order valence-electron chi connectivity index (χ0n) is 9.59. The molecule has 0 aromatic heterocycles. The summed E-state index contributed by atoms with van der Waals surface area (Å²) in [5.41, 5.74) is 7.29. The normalized spacial score (nSPS) is 10.2. The van der Waals surface area contributed by atoms with E-state index in [1.54, 1.807) is 6.07 Å². The molecular formula is C12H17ClN2O. The largest absolute Gasteiger partial charge is 0.491 e. The fourth-order valence-electron chi connectivity index (χ4n) is 1.26. The van der Waals surface area contributed by atoms with E-state index in [1.807, 2.05) is 26.0 Å². The van der Waals surface area contributed by atoms with E-state index in [1.165, 1.54) is 0 Å². The summed E-state index contributed by atoms with van der Waals surface area (Å²) in [4.78, 5) is 0. The average Bonchev–Trinajstić information content (AvgIpc) is 2.12. The second-order valence-corrected chi connectivity index (χ2v) is 4.36. The molecule has 0 bridgehead atoms. The number of nitrogen functional groups attached to an aromatic ring is 1. The summed E-state index contributed by atoms with van der Waals surface area (Å²) >= 11 is 5.67. The molecule has 16 heavy (non-hydrogen) atoms. The van der Waals surface area contributed by atoms with Crippen molar-refractivity contribution < 1.29 is 4.74 Å². The minimum absolute atomic E-state index is 0.123. The molecule has 4 heteroatoms. The Morgan fingerprint density at radius 2 is 2.19 bits per heavy atom. The highest BCUT2D eigenvalue weighted by molar-refractivity contribution is 6.29. The van der Waals surface area contributed by atoms with E-state index in [0.29, 0.717) is 17.3 Å². The van der Waals surface area contributed by atoms with Crippen molar-refractivity contribution >= 4 is 23.0 Å². The van der Waals surface area contributed by atoms with E-state index in [0.717, 1.165) is 11.4 Å². The van der Waals surface area contributed by atoms with Crippen LogP contribution in [0.4, 0.5) is 11.4 Å². The Bertz CT molecular complexity index is 377. The molecular weight excluding hydrogens is 224 g/mol. The van der Waals surface area contributed by atoms with Gasteiger partial charge in [0.25, 0.3) is 0 Å². The van der Waals surface area contributed by atoms with Crippen LogP contribution < -0.4 is 15.8 Å². The molecule has 0 spiro atoms. The van der Waals surface area contributed by atoms with Gasteiger partial charge in [0, 0.05) is 28.5 Å². The minimum atomic E-state index is 0.123. The fourth-order valence-corrected chi connectivity index (χ4v) is 1.33. The maximum absolute atomic E-state index is 5.77. The van der Waals surface area contributed by atoms with Crippen LogP contribution in [0.25, 0.3) is 0 Å². The standard InChI is InChI=1S/C12H17ClN2O/c1-8(2)16-12-5-10(14)4-11(6-12)15-7-9(3)13/h4-6,8,15H,3,7,14H2,1-2H3. The van der Waals surface area contributed by atoms with Gasteiger partial charge in [-0.3, -0.25) is 0 Å². The van der Waals surface area contributed by atoms with Crippen molar-refractivity contribution in [2.24, 2.45) is 0 Å². The van der Waals surface area contributed by atoms with Crippen LogP contribution in [0.1, 0.15) is 13.8 Å². The third-order valence-electron chi connectivity index (χ3n) is 1.78. The molecule has 0 fully saturated rings. The number of halogens is 1. The molecule has 0 aliphatic rings. The van der Waals surface area contributed by atoms with Crippen molar-refractivity contribution in [3.63, 3.8) is 0 Å². The molecule has 88 valence electrons. The van der Waals surface area contributed by atoms with Gasteiger partial charge >= 0.3 is 0 Å². The zero-order valence-corrected chi connectivity index (χ0v) is 10.3. The van der Waals surface area contributed by atoms with Gasteiger partial charge in [0.1, 0.15) is 5.75 Å². The lowest BCUT2D eigenvalue weighted by molar-refractivity contribution is 0.242. The van der Waals surface area contributed by atoms with Gasteiger partial charge in [-0.15, -0.1) is 0 Å². The number of ether oxygens (including phenoxy) is 1. The third-order valence-corrected chi connectivity index (χ3v) is 1.92. The first kappa shape index (κ1) is 12.7. The summed E-state index contributed by atoms with van der Waals surface area (Å²) in [5, 5.41) is 3.66. The fraction of sp³-hybridized carbons (Fsp3) is 0.333. The van der Waals surface area contributed by atoms with Crippen LogP contribution in [-0.2, 0) is 0 Å². The SMILES string of the molecule is C=C(Cl)CNc1cc(N)cc(OC(C)C)c1. The highest BCUT2D eigenvalue weighted by Gasteiger charge is 2.02. The molecule has 3 N–H and O–H groups in total. The Labute approximate surface area is 101 Å². The van der Waals surface area contributed by atoms with Gasteiger partial charge in [-0.25, -0.2) is 0 Å². The molecule has 0 unspecified atom stereocenters. The molecule has 0 atom stereocenters. The second kappa shape index (κ2) is 5.66. The molecule has 0 aliphatic carbocycles. The summed E-state index contributed by atoms with van der Waals surface area (Å²) in [6.07, 6.45) is 0.123. The summed E-state index contributed by atoms with van der Waals surface area (Å²) in [6.45, 7) is 8.05. The summed E-state index contributed by atoms with van der Waals surface area (Å²) < 4.78 is 5.57. The second-order valence-electron chi connectivity index (χ2n) is 3.83. The van der Waals surface area contributed by atoms with Crippen LogP contribution in [0.2, 0.25) is 0 Å². The number of benzene rings is 1. The van der Waals surface area contributed by atoms with Gasteiger partial charge in [-0.05, 0) is 19.9 Å². The Hall–Kier alpha value is -1.35. The van der Waals surface area contributed by atoms with Crippen LogP contribution >= 0.6 is 11.6 Å².